The van der Waals surface area contributed by atoms with E-state index in [-0.39, 0.29) is 18.1 Å². The smallest absolute Gasteiger partial charge is 0.257 e. The van der Waals surface area contributed by atoms with E-state index in [1.165, 1.54) is 22.3 Å². The van der Waals surface area contributed by atoms with Crippen LogP contribution in [0.15, 0.2) is 79.0 Å². The maximum absolute atomic E-state index is 13.9. The Bertz CT molecular complexity index is 1560. The van der Waals surface area contributed by atoms with E-state index in [0.717, 1.165) is 48.5 Å². The lowest BCUT2D eigenvalue weighted by Gasteiger charge is -2.30. The van der Waals surface area contributed by atoms with Gasteiger partial charge in [0.2, 0.25) is 5.95 Å². The third-order valence-corrected chi connectivity index (χ3v) is 8.87. The molecule has 0 spiro atoms. The first-order valence-electron chi connectivity index (χ1n) is 14.9. The molecule has 0 N–H and O–H groups in total. The van der Waals surface area contributed by atoms with Gasteiger partial charge in [-0.1, -0.05) is 72.3 Å². The summed E-state index contributed by atoms with van der Waals surface area (Å²) in [6, 6.07) is 25.0. The van der Waals surface area contributed by atoms with Crippen LogP contribution >= 0.6 is 11.6 Å². The van der Waals surface area contributed by atoms with Gasteiger partial charge in [0, 0.05) is 24.8 Å². The van der Waals surface area contributed by atoms with Gasteiger partial charge in [-0.3, -0.25) is 4.79 Å². The number of likely N-dealkylation sites (N-methyl/N-ethyl adjacent to an activating group) is 1. The Balaban J connectivity index is 1.28. The molecule has 0 radical (unpaired) electrons. The average Bonchev–Trinajstić information content (AvgIpc) is 3.51. The summed E-state index contributed by atoms with van der Waals surface area (Å²) in [4.78, 5) is 27.8. The molecule has 6 rings (SSSR count). The number of fused-ring (bicyclic) bond motifs is 1. The molecule has 0 aliphatic carbocycles. The van der Waals surface area contributed by atoms with E-state index >= 15 is 0 Å². The number of carbonyl (C=O) groups excluding carboxylic acids is 1. The highest BCUT2D eigenvalue weighted by Crippen LogP contribution is 2.35. The fourth-order valence-corrected chi connectivity index (χ4v) is 6.39. The van der Waals surface area contributed by atoms with Crippen LogP contribution in [0.2, 0.25) is 5.02 Å². The fourth-order valence-electron chi connectivity index (χ4n) is 6.26. The van der Waals surface area contributed by atoms with Gasteiger partial charge in [0.25, 0.3) is 5.91 Å². The van der Waals surface area contributed by atoms with Crippen molar-refractivity contribution in [3.63, 3.8) is 0 Å². The number of rotatable bonds is 8. The van der Waals surface area contributed by atoms with Crippen molar-refractivity contribution >= 4 is 23.5 Å². The van der Waals surface area contributed by atoms with E-state index in [9.17, 15) is 4.79 Å². The molecular formula is C35H37ClN4O2. The van der Waals surface area contributed by atoms with Crippen LogP contribution in [0.25, 0.3) is 0 Å². The van der Waals surface area contributed by atoms with Crippen molar-refractivity contribution in [3.05, 3.63) is 123 Å². The summed E-state index contributed by atoms with van der Waals surface area (Å²) in [5.74, 6) is 0.597. The summed E-state index contributed by atoms with van der Waals surface area (Å²) < 4.78 is 6.12. The number of anilines is 1. The first-order chi connectivity index (χ1) is 20.5. The molecule has 42 heavy (non-hydrogen) atoms. The standard InChI is InChI=1S/C35H37ClN4O2/c1-24-8-3-4-9-25(24)15-18-31-30(34(41)39(2)23-33-29-11-6-5-10-26(29)19-21-42-33)22-37-35(38-31)40-20-7-12-32(40)27-13-16-28(36)17-14-27/h3-6,8-11,13-14,16-17,22,32-33H,7,12,15,18-21,23H2,1-2H3. The highest BCUT2D eigenvalue weighted by atomic mass is 35.5. The summed E-state index contributed by atoms with van der Waals surface area (Å²) in [5, 5.41) is 0.729. The highest BCUT2D eigenvalue weighted by Gasteiger charge is 2.30. The van der Waals surface area contributed by atoms with E-state index in [4.69, 9.17) is 26.3 Å². The second-order valence-electron chi connectivity index (χ2n) is 11.4. The molecule has 4 aromatic rings. The van der Waals surface area contributed by atoms with Gasteiger partial charge in [-0.2, -0.15) is 0 Å². The maximum atomic E-state index is 13.9. The molecule has 1 saturated heterocycles. The number of benzene rings is 3. The molecule has 2 atom stereocenters. The molecular weight excluding hydrogens is 544 g/mol. The second-order valence-corrected chi connectivity index (χ2v) is 11.8. The summed E-state index contributed by atoms with van der Waals surface area (Å²) >= 11 is 6.17. The highest BCUT2D eigenvalue weighted by molar-refractivity contribution is 6.30. The number of carbonyl (C=O) groups is 1. The van der Waals surface area contributed by atoms with Gasteiger partial charge in [0.1, 0.15) is 6.10 Å². The number of hydrogen-bond donors (Lipinski definition) is 0. The molecule has 1 amide bonds. The molecule has 7 heteroatoms. The molecule has 3 heterocycles. The van der Waals surface area contributed by atoms with E-state index < -0.39 is 0 Å². The Labute approximate surface area is 253 Å². The number of ether oxygens (including phenoxy) is 1. The van der Waals surface area contributed by atoms with Crippen LogP contribution in [0.4, 0.5) is 5.95 Å². The van der Waals surface area contributed by atoms with Crippen molar-refractivity contribution in [2.75, 3.05) is 31.6 Å². The Morgan fingerprint density at radius 3 is 2.67 bits per heavy atom. The fraction of sp³-hybridized carbons (Fsp3) is 0.343. The molecule has 1 aromatic heterocycles. The molecule has 0 bridgehead atoms. The van der Waals surface area contributed by atoms with Crippen molar-refractivity contribution in [1.82, 2.24) is 14.9 Å². The monoisotopic (exact) mass is 580 g/mol. The minimum absolute atomic E-state index is 0.0799. The third kappa shape index (κ3) is 6.06. The van der Waals surface area contributed by atoms with Crippen LogP contribution in [-0.2, 0) is 24.0 Å². The third-order valence-electron chi connectivity index (χ3n) is 8.62. The molecule has 216 valence electrons. The lowest BCUT2D eigenvalue weighted by Crippen LogP contribution is -2.35. The van der Waals surface area contributed by atoms with Crippen LogP contribution < -0.4 is 4.90 Å². The lowest BCUT2D eigenvalue weighted by atomic mass is 9.97. The molecule has 2 unspecified atom stereocenters. The Kier molecular flexibility index (Phi) is 8.54. The van der Waals surface area contributed by atoms with Gasteiger partial charge in [-0.15, -0.1) is 0 Å². The number of amides is 1. The van der Waals surface area contributed by atoms with Crippen molar-refractivity contribution in [3.8, 4) is 0 Å². The zero-order valence-corrected chi connectivity index (χ0v) is 25.1. The van der Waals surface area contributed by atoms with Crippen LogP contribution in [-0.4, -0.2) is 47.5 Å². The zero-order chi connectivity index (χ0) is 29.1. The molecule has 6 nitrogen and oxygen atoms in total. The average molecular weight is 581 g/mol. The molecule has 3 aromatic carbocycles. The maximum Gasteiger partial charge on any atom is 0.257 e. The Morgan fingerprint density at radius 1 is 1.05 bits per heavy atom. The predicted molar refractivity (Wildman–Crippen MR) is 167 cm³/mol. The van der Waals surface area contributed by atoms with Gasteiger partial charge in [-0.25, -0.2) is 9.97 Å². The Hall–Kier alpha value is -3.74. The number of hydrogen-bond acceptors (Lipinski definition) is 5. The number of halogens is 1. The Morgan fingerprint density at radius 2 is 1.83 bits per heavy atom. The first kappa shape index (κ1) is 28.4. The van der Waals surface area contributed by atoms with Gasteiger partial charge in [0.15, 0.2) is 0 Å². The summed E-state index contributed by atoms with van der Waals surface area (Å²) in [6.45, 7) is 4.13. The number of aromatic nitrogens is 2. The van der Waals surface area contributed by atoms with Gasteiger partial charge < -0.3 is 14.5 Å². The number of aryl methyl sites for hydroxylation is 3. The topological polar surface area (TPSA) is 58.6 Å². The summed E-state index contributed by atoms with van der Waals surface area (Å²) in [5.41, 5.74) is 7.51. The minimum Gasteiger partial charge on any atom is -0.371 e. The van der Waals surface area contributed by atoms with Crippen molar-refractivity contribution < 1.29 is 9.53 Å². The van der Waals surface area contributed by atoms with Crippen LogP contribution in [0, 0.1) is 6.92 Å². The summed E-state index contributed by atoms with van der Waals surface area (Å²) in [7, 11) is 1.85. The molecule has 0 saturated carbocycles. The first-order valence-corrected chi connectivity index (χ1v) is 15.2. The van der Waals surface area contributed by atoms with Gasteiger partial charge in [-0.05, 0) is 79.0 Å². The van der Waals surface area contributed by atoms with E-state index in [1.807, 2.05) is 25.2 Å². The normalized spacial score (nSPS) is 18.1. The van der Waals surface area contributed by atoms with Crippen molar-refractivity contribution in [2.24, 2.45) is 0 Å². The quantitative estimate of drug-likeness (QED) is 0.226. The van der Waals surface area contributed by atoms with Gasteiger partial charge in [0.05, 0.1) is 30.5 Å². The SMILES string of the molecule is Cc1ccccc1CCc1nc(N2CCCC2c2ccc(Cl)cc2)ncc1C(=O)N(C)CC1OCCc2ccccc21. The molecule has 1 fully saturated rings. The zero-order valence-electron chi connectivity index (χ0n) is 24.3. The molecule has 2 aliphatic heterocycles. The second kappa shape index (κ2) is 12.6. The van der Waals surface area contributed by atoms with Crippen LogP contribution in [0.5, 0.6) is 0 Å². The summed E-state index contributed by atoms with van der Waals surface area (Å²) in [6.07, 6.45) is 6.02. The molecule has 2 aliphatic rings. The van der Waals surface area contributed by atoms with Crippen molar-refractivity contribution in [2.45, 2.75) is 51.2 Å². The van der Waals surface area contributed by atoms with E-state index in [1.54, 1.807) is 11.1 Å². The van der Waals surface area contributed by atoms with Gasteiger partial charge >= 0.3 is 0 Å². The lowest BCUT2D eigenvalue weighted by molar-refractivity contribution is 0.0199. The van der Waals surface area contributed by atoms with Crippen LogP contribution in [0.1, 0.15) is 68.9 Å². The van der Waals surface area contributed by atoms with Crippen LogP contribution in [0.3, 0.4) is 0 Å². The predicted octanol–water partition coefficient (Wildman–Crippen LogP) is 6.95. The number of nitrogens with zero attached hydrogens (tertiary/aromatic N) is 4. The minimum atomic E-state index is -0.149. The van der Waals surface area contributed by atoms with Crippen molar-refractivity contribution in [1.29, 1.82) is 0 Å². The van der Waals surface area contributed by atoms with E-state index in [0.29, 0.717) is 31.1 Å². The largest absolute Gasteiger partial charge is 0.371 e. The van der Waals surface area contributed by atoms with E-state index in [2.05, 4.69) is 66.4 Å².